The number of hydrogen-bond acceptors (Lipinski definition) is 4. The van der Waals surface area contributed by atoms with Crippen LogP contribution in [0.25, 0.3) is 0 Å². The molecule has 0 saturated carbocycles. The summed E-state index contributed by atoms with van der Waals surface area (Å²) in [6.45, 7) is 1.10. The van der Waals surface area contributed by atoms with E-state index in [-0.39, 0.29) is 11.6 Å². The molecule has 3 N–H and O–H groups in total. The number of rotatable bonds is 4. The lowest BCUT2D eigenvalue weighted by Gasteiger charge is -2.18. The van der Waals surface area contributed by atoms with Crippen LogP contribution in [0.1, 0.15) is 18.9 Å². The predicted octanol–water partition coefficient (Wildman–Crippen LogP) is 0.786. The van der Waals surface area contributed by atoms with Gasteiger partial charge < -0.3 is 10.4 Å². The monoisotopic (exact) mass is 298 g/mol. The van der Waals surface area contributed by atoms with Crippen LogP contribution in [0.4, 0.5) is 11.4 Å². The first kappa shape index (κ1) is 14.3. The number of carboxylic acid groups (broad SMARTS) is 1. The molecule has 0 fully saturated rings. The third kappa shape index (κ3) is 2.90. The van der Waals surface area contributed by atoms with Crippen molar-refractivity contribution in [3.8, 4) is 0 Å². The van der Waals surface area contributed by atoms with Crippen LogP contribution in [0.15, 0.2) is 18.2 Å². The molecular formula is C12H14N2O5S. The minimum Gasteiger partial charge on any atom is -0.480 e. The Morgan fingerprint density at radius 3 is 2.75 bits per heavy atom. The molecule has 1 aliphatic rings. The largest absolute Gasteiger partial charge is 0.480 e. The normalized spacial score (nSPS) is 15.9. The van der Waals surface area contributed by atoms with Crippen molar-refractivity contribution in [2.75, 3.05) is 10.0 Å². The molecule has 1 heterocycles. The van der Waals surface area contributed by atoms with Gasteiger partial charge in [0.1, 0.15) is 0 Å². The fraction of sp³-hybridized carbons (Fsp3) is 0.333. The van der Waals surface area contributed by atoms with E-state index >= 15 is 0 Å². The Kier molecular flexibility index (Phi) is 3.67. The number of carbonyl (C=O) groups excluding carboxylic acids is 1. The van der Waals surface area contributed by atoms with Crippen LogP contribution >= 0.6 is 0 Å². The van der Waals surface area contributed by atoms with E-state index in [1.54, 1.807) is 12.1 Å². The molecule has 108 valence electrons. The van der Waals surface area contributed by atoms with E-state index in [1.165, 1.54) is 6.07 Å². The highest BCUT2D eigenvalue weighted by Gasteiger charge is 2.27. The fourth-order valence-corrected chi connectivity index (χ4v) is 2.73. The molecule has 1 aromatic rings. The zero-order chi connectivity index (χ0) is 14.9. The Morgan fingerprint density at radius 2 is 2.10 bits per heavy atom. The molecule has 7 nitrogen and oxygen atoms in total. The third-order valence-corrected chi connectivity index (χ3v) is 4.73. The number of aliphatic carboxylic acids is 1. The zero-order valence-corrected chi connectivity index (χ0v) is 11.5. The average Bonchev–Trinajstić information content (AvgIpc) is 2.37. The Hall–Kier alpha value is -2.09. The van der Waals surface area contributed by atoms with Gasteiger partial charge in [0.15, 0.2) is 5.25 Å². The molecule has 0 saturated heterocycles. The average molecular weight is 298 g/mol. The molecule has 8 heteroatoms. The van der Waals surface area contributed by atoms with Crippen LogP contribution < -0.4 is 10.0 Å². The number of amides is 1. The summed E-state index contributed by atoms with van der Waals surface area (Å²) >= 11 is 0. The quantitative estimate of drug-likeness (QED) is 0.760. The highest BCUT2D eigenvalue weighted by Crippen LogP contribution is 2.26. The minimum atomic E-state index is -3.99. The molecule has 1 unspecified atom stereocenters. The lowest BCUT2D eigenvalue weighted by molar-refractivity contribution is -0.136. The number of sulfonamides is 1. The van der Waals surface area contributed by atoms with Gasteiger partial charge in [0, 0.05) is 17.8 Å². The number of fused-ring (bicyclic) bond motifs is 1. The zero-order valence-electron chi connectivity index (χ0n) is 10.7. The van der Waals surface area contributed by atoms with Gasteiger partial charge >= 0.3 is 5.97 Å². The highest BCUT2D eigenvalue weighted by atomic mass is 32.2. The summed E-state index contributed by atoms with van der Waals surface area (Å²) < 4.78 is 25.8. The summed E-state index contributed by atoms with van der Waals surface area (Å²) in [5, 5.41) is 9.89. The fourth-order valence-electron chi connectivity index (χ4n) is 1.83. The van der Waals surface area contributed by atoms with Gasteiger partial charge in [-0.25, -0.2) is 8.42 Å². The van der Waals surface area contributed by atoms with Crippen molar-refractivity contribution in [1.29, 1.82) is 0 Å². The van der Waals surface area contributed by atoms with E-state index in [9.17, 15) is 18.0 Å². The molecule has 0 bridgehead atoms. The highest BCUT2D eigenvalue weighted by molar-refractivity contribution is 7.94. The van der Waals surface area contributed by atoms with E-state index in [1.807, 2.05) is 0 Å². The molecule has 0 aliphatic carbocycles. The molecular weight excluding hydrogens is 284 g/mol. The summed E-state index contributed by atoms with van der Waals surface area (Å²) in [7, 11) is -3.99. The standard InChI is InChI=1S/C12H14N2O5S/c1-7(12(16)17)20(18,19)14-9-3-4-10-8(6-9)2-5-11(15)13-10/h3-4,6-7,14H,2,5H2,1H3,(H,13,15)(H,16,17). The second kappa shape index (κ2) is 5.12. The van der Waals surface area contributed by atoms with Crippen molar-refractivity contribution in [2.45, 2.75) is 25.0 Å². The van der Waals surface area contributed by atoms with Crippen LogP contribution in [-0.4, -0.2) is 30.7 Å². The van der Waals surface area contributed by atoms with Crippen molar-refractivity contribution >= 4 is 33.3 Å². The molecule has 2 rings (SSSR count). The maximum absolute atomic E-state index is 11.8. The van der Waals surface area contributed by atoms with Gasteiger partial charge in [-0.05, 0) is 37.1 Å². The number of anilines is 2. The number of hydrogen-bond donors (Lipinski definition) is 3. The third-order valence-electron chi connectivity index (χ3n) is 3.07. The van der Waals surface area contributed by atoms with Crippen LogP contribution in [-0.2, 0) is 26.0 Å². The minimum absolute atomic E-state index is 0.0784. The Bertz CT molecular complexity index is 668. The van der Waals surface area contributed by atoms with E-state index in [0.29, 0.717) is 18.5 Å². The first-order valence-corrected chi connectivity index (χ1v) is 7.51. The molecule has 1 aromatic carbocycles. The lowest BCUT2D eigenvalue weighted by Crippen LogP contribution is -2.32. The Balaban J connectivity index is 2.23. The first-order valence-electron chi connectivity index (χ1n) is 5.97. The number of nitrogens with one attached hydrogen (secondary N) is 2. The summed E-state index contributed by atoms with van der Waals surface area (Å²) in [6.07, 6.45) is 0.861. The van der Waals surface area contributed by atoms with Crippen molar-refractivity contribution in [3.05, 3.63) is 23.8 Å². The molecule has 1 amide bonds. The number of carbonyl (C=O) groups is 2. The lowest BCUT2D eigenvalue weighted by atomic mass is 10.0. The number of carboxylic acids is 1. The van der Waals surface area contributed by atoms with Crippen molar-refractivity contribution < 1.29 is 23.1 Å². The summed E-state index contributed by atoms with van der Waals surface area (Å²) in [4.78, 5) is 22.0. The van der Waals surface area contributed by atoms with Crippen LogP contribution in [0.5, 0.6) is 0 Å². The van der Waals surface area contributed by atoms with Crippen molar-refractivity contribution in [3.63, 3.8) is 0 Å². The number of benzene rings is 1. The Morgan fingerprint density at radius 1 is 1.40 bits per heavy atom. The van der Waals surface area contributed by atoms with Crippen molar-refractivity contribution in [1.82, 2.24) is 0 Å². The molecule has 1 atom stereocenters. The Labute approximate surface area is 116 Å². The summed E-state index contributed by atoms with van der Waals surface area (Å²) in [5.41, 5.74) is 1.75. The predicted molar refractivity (Wildman–Crippen MR) is 73.0 cm³/mol. The van der Waals surface area contributed by atoms with Gasteiger partial charge in [0.2, 0.25) is 15.9 Å². The SMILES string of the molecule is CC(C(=O)O)S(=O)(=O)Nc1ccc2c(c1)CCC(=O)N2. The van der Waals surface area contributed by atoms with E-state index < -0.39 is 21.2 Å². The maximum atomic E-state index is 11.8. The van der Waals surface area contributed by atoms with E-state index in [0.717, 1.165) is 12.5 Å². The second-order valence-corrected chi connectivity index (χ2v) is 6.55. The van der Waals surface area contributed by atoms with E-state index in [2.05, 4.69) is 10.0 Å². The molecule has 1 aliphatic heterocycles. The van der Waals surface area contributed by atoms with Crippen LogP contribution in [0.3, 0.4) is 0 Å². The van der Waals surface area contributed by atoms with Gasteiger partial charge in [-0.3, -0.25) is 14.3 Å². The van der Waals surface area contributed by atoms with Gasteiger partial charge in [-0.2, -0.15) is 0 Å². The van der Waals surface area contributed by atoms with Gasteiger partial charge in [0.25, 0.3) is 0 Å². The molecule has 20 heavy (non-hydrogen) atoms. The smallest absolute Gasteiger partial charge is 0.323 e. The molecule has 0 radical (unpaired) electrons. The van der Waals surface area contributed by atoms with E-state index in [4.69, 9.17) is 5.11 Å². The second-order valence-electron chi connectivity index (χ2n) is 4.55. The topological polar surface area (TPSA) is 113 Å². The van der Waals surface area contributed by atoms with Crippen LogP contribution in [0.2, 0.25) is 0 Å². The van der Waals surface area contributed by atoms with Gasteiger partial charge in [-0.15, -0.1) is 0 Å². The molecule has 0 spiro atoms. The summed E-state index contributed by atoms with van der Waals surface area (Å²) in [5.74, 6) is -1.49. The first-order chi connectivity index (χ1) is 9.29. The van der Waals surface area contributed by atoms with Gasteiger partial charge in [-0.1, -0.05) is 0 Å². The van der Waals surface area contributed by atoms with Gasteiger partial charge in [0.05, 0.1) is 0 Å². The van der Waals surface area contributed by atoms with Crippen molar-refractivity contribution in [2.24, 2.45) is 0 Å². The maximum Gasteiger partial charge on any atom is 0.323 e. The molecule has 0 aromatic heterocycles. The summed E-state index contributed by atoms with van der Waals surface area (Å²) in [6, 6.07) is 4.67. The number of aryl methyl sites for hydroxylation is 1. The van der Waals surface area contributed by atoms with Crippen LogP contribution in [0, 0.1) is 0 Å².